The number of esters is 2. The van der Waals surface area contributed by atoms with Crippen molar-refractivity contribution < 1.29 is 19.1 Å². The molecule has 0 fully saturated rings. The third-order valence-corrected chi connectivity index (χ3v) is 6.99. The van der Waals surface area contributed by atoms with Crippen molar-refractivity contribution >= 4 is 33.5 Å². The van der Waals surface area contributed by atoms with E-state index in [9.17, 15) is 28.8 Å². The monoisotopic (exact) mass is 560 g/mol. The first-order valence-corrected chi connectivity index (χ1v) is 12.7. The Kier molecular flexibility index (Phi) is 6.23. The van der Waals surface area contributed by atoms with Crippen molar-refractivity contribution in [1.29, 1.82) is 0 Å². The van der Waals surface area contributed by atoms with Crippen molar-refractivity contribution in [3.05, 3.63) is 143 Å². The van der Waals surface area contributed by atoms with Gasteiger partial charge in [0, 0.05) is 7.05 Å². The number of hydrogen-bond acceptors (Lipinski definition) is 8. The van der Waals surface area contributed by atoms with Gasteiger partial charge in [-0.3, -0.25) is 23.7 Å². The summed E-state index contributed by atoms with van der Waals surface area (Å²) < 4.78 is 12.6. The van der Waals surface area contributed by atoms with Crippen LogP contribution in [-0.2, 0) is 7.05 Å². The normalized spacial score (nSPS) is 11.2. The Morgan fingerprint density at radius 1 is 0.548 bits per heavy atom. The summed E-state index contributed by atoms with van der Waals surface area (Å²) in [6.07, 6.45) is 0. The quantitative estimate of drug-likeness (QED) is 0.232. The Labute approximate surface area is 235 Å². The third kappa shape index (κ3) is 4.40. The maximum atomic E-state index is 13.1. The van der Waals surface area contributed by atoms with Crippen molar-refractivity contribution in [1.82, 2.24) is 9.13 Å². The summed E-state index contributed by atoms with van der Waals surface area (Å²) in [7, 11) is 1.33. The fraction of sp³-hybridized carbons (Fsp3) is 0.0625. The minimum atomic E-state index is -0.684. The molecule has 0 saturated carbocycles. The summed E-state index contributed by atoms with van der Waals surface area (Å²) in [5, 5.41) is 0.194. The molecule has 42 heavy (non-hydrogen) atoms. The van der Waals surface area contributed by atoms with Crippen molar-refractivity contribution in [2.45, 2.75) is 6.92 Å². The summed E-state index contributed by atoms with van der Waals surface area (Å²) >= 11 is 0. The van der Waals surface area contributed by atoms with Crippen LogP contribution in [0.1, 0.15) is 26.3 Å². The van der Waals surface area contributed by atoms with Crippen LogP contribution in [0, 0.1) is 6.92 Å². The molecule has 0 bridgehead atoms. The first-order valence-electron chi connectivity index (χ1n) is 12.7. The molecule has 0 amide bonds. The van der Waals surface area contributed by atoms with E-state index in [-0.39, 0.29) is 44.1 Å². The van der Waals surface area contributed by atoms with Crippen LogP contribution in [0.2, 0.25) is 0 Å². The van der Waals surface area contributed by atoms with Crippen LogP contribution in [0.25, 0.3) is 27.2 Å². The lowest BCUT2D eigenvalue weighted by Gasteiger charge is -2.07. The van der Waals surface area contributed by atoms with Gasteiger partial charge in [-0.15, -0.1) is 0 Å². The van der Waals surface area contributed by atoms with Crippen molar-refractivity contribution in [2.24, 2.45) is 7.05 Å². The second kappa shape index (κ2) is 9.93. The van der Waals surface area contributed by atoms with E-state index in [4.69, 9.17) is 9.47 Å². The van der Waals surface area contributed by atoms with Gasteiger partial charge in [-0.2, -0.15) is 0 Å². The highest BCUT2D eigenvalue weighted by molar-refractivity contribution is 5.98. The molecular weight excluding hydrogens is 540 g/mol. The maximum absolute atomic E-state index is 13.1. The number of hydrogen-bond donors (Lipinski definition) is 0. The topological polar surface area (TPSA) is 131 Å². The highest BCUT2D eigenvalue weighted by Gasteiger charge is 2.19. The van der Waals surface area contributed by atoms with Crippen molar-refractivity contribution in [2.75, 3.05) is 0 Å². The number of carbonyl (C=O) groups excluding carboxylic acids is 2. The van der Waals surface area contributed by atoms with E-state index >= 15 is 0 Å². The first-order chi connectivity index (χ1) is 20.1. The predicted octanol–water partition coefficient (Wildman–Crippen LogP) is 3.19. The van der Waals surface area contributed by atoms with E-state index in [1.165, 1.54) is 67.7 Å². The molecule has 0 saturated heterocycles. The smallest absolute Gasteiger partial charge is 0.343 e. The molecule has 10 nitrogen and oxygen atoms in total. The molecule has 0 radical (unpaired) electrons. The molecule has 0 spiro atoms. The SMILES string of the molecule is Cc1ccc(OC(=O)c2ccc(C(=O)Oc3ccc(-n4c(=O)c5cc6c(=O)n(C)c(=O)c6cc5c4=O)cc3)cc2)cc1. The standard InChI is InChI=1S/C32H20N2O8/c1-17-3-11-21(12-4-17)41-31(39)18-5-7-19(8-6-18)32(40)42-22-13-9-20(10-14-22)34-29(37)25-15-23-24(16-26(25)30(34)38)28(36)33(2)27(23)35/h3-16H,1-2H3. The van der Waals surface area contributed by atoms with E-state index in [1.54, 1.807) is 12.1 Å². The maximum Gasteiger partial charge on any atom is 0.343 e. The van der Waals surface area contributed by atoms with E-state index in [0.29, 0.717) is 5.75 Å². The van der Waals surface area contributed by atoms with Gasteiger partial charge in [0.25, 0.3) is 22.2 Å². The molecule has 6 aromatic rings. The zero-order chi connectivity index (χ0) is 29.7. The molecule has 4 aromatic carbocycles. The molecule has 0 atom stereocenters. The van der Waals surface area contributed by atoms with Crippen molar-refractivity contribution in [3.8, 4) is 17.2 Å². The second-order valence-electron chi connectivity index (χ2n) is 9.72. The Morgan fingerprint density at radius 2 is 0.929 bits per heavy atom. The van der Waals surface area contributed by atoms with Crippen LogP contribution >= 0.6 is 0 Å². The van der Waals surface area contributed by atoms with Crippen LogP contribution < -0.4 is 31.7 Å². The molecule has 10 heteroatoms. The molecule has 6 rings (SSSR count). The number of aryl methyl sites for hydroxylation is 1. The zero-order valence-corrected chi connectivity index (χ0v) is 22.2. The Morgan fingerprint density at radius 3 is 1.36 bits per heavy atom. The second-order valence-corrected chi connectivity index (χ2v) is 9.72. The van der Waals surface area contributed by atoms with E-state index in [1.807, 2.05) is 19.1 Å². The Hall–Kier alpha value is -5.90. The summed E-state index contributed by atoms with van der Waals surface area (Å²) in [6.45, 7) is 1.92. The summed E-state index contributed by atoms with van der Waals surface area (Å²) in [5.74, 6) is -0.699. The van der Waals surface area contributed by atoms with Gasteiger partial charge in [-0.1, -0.05) is 17.7 Å². The largest absolute Gasteiger partial charge is 0.423 e. The number of ether oxygens (including phenoxy) is 2. The third-order valence-electron chi connectivity index (χ3n) is 6.99. The number of aromatic nitrogens is 2. The number of benzene rings is 4. The van der Waals surface area contributed by atoms with Gasteiger partial charge >= 0.3 is 11.9 Å². The summed E-state index contributed by atoms with van der Waals surface area (Å²) in [4.78, 5) is 75.9. The fourth-order valence-electron chi connectivity index (χ4n) is 4.67. The summed E-state index contributed by atoms with van der Waals surface area (Å²) in [6, 6.07) is 21.1. The van der Waals surface area contributed by atoms with Gasteiger partial charge in [0.05, 0.1) is 38.4 Å². The first kappa shape index (κ1) is 26.3. The number of fused-ring (bicyclic) bond motifs is 2. The van der Waals surface area contributed by atoms with Gasteiger partial charge < -0.3 is 9.47 Å². The molecule has 0 aliphatic carbocycles. The predicted molar refractivity (Wildman–Crippen MR) is 155 cm³/mol. The number of carbonyl (C=O) groups is 2. The molecule has 2 aromatic heterocycles. The molecule has 2 heterocycles. The van der Waals surface area contributed by atoms with Crippen LogP contribution in [-0.4, -0.2) is 21.1 Å². The zero-order valence-electron chi connectivity index (χ0n) is 22.2. The van der Waals surface area contributed by atoms with Crippen molar-refractivity contribution in [3.63, 3.8) is 0 Å². The highest BCUT2D eigenvalue weighted by Crippen LogP contribution is 2.19. The molecule has 0 unspecified atom stereocenters. The minimum absolute atomic E-state index is 0.0249. The molecule has 0 aliphatic heterocycles. The van der Waals surface area contributed by atoms with E-state index < -0.39 is 34.2 Å². The van der Waals surface area contributed by atoms with Gasteiger partial charge in [0.2, 0.25) is 0 Å². The lowest BCUT2D eigenvalue weighted by Crippen LogP contribution is -2.23. The average Bonchev–Trinajstić information content (AvgIpc) is 3.37. The Bertz CT molecular complexity index is 2170. The number of nitrogens with zero attached hydrogens (tertiary/aromatic N) is 2. The van der Waals surface area contributed by atoms with E-state index in [2.05, 4.69) is 0 Å². The lowest BCUT2D eigenvalue weighted by atomic mass is 10.1. The average molecular weight is 561 g/mol. The van der Waals surface area contributed by atoms with Gasteiger partial charge in [-0.05, 0) is 79.7 Å². The van der Waals surface area contributed by atoms with Gasteiger partial charge in [-0.25, -0.2) is 14.2 Å². The summed E-state index contributed by atoms with van der Waals surface area (Å²) in [5.41, 5.74) is -0.676. The van der Waals surface area contributed by atoms with Crippen LogP contribution in [0.5, 0.6) is 11.5 Å². The Balaban J connectivity index is 1.20. The number of rotatable bonds is 5. The lowest BCUT2D eigenvalue weighted by molar-refractivity contribution is 0.0720. The molecule has 0 N–H and O–H groups in total. The molecule has 0 aliphatic rings. The van der Waals surface area contributed by atoms with Gasteiger partial charge in [0.15, 0.2) is 0 Å². The van der Waals surface area contributed by atoms with E-state index in [0.717, 1.165) is 14.7 Å². The molecular formula is C32H20N2O8. The highest BCUT2D eigenvalue weighted by atomic mass is 16.5. The van der Waals surface area contributed by atoms with Crippen LogP contribution in [0.15, 0.2) is 104 Å². The minimum Gasteiger partial charge on any atom is -0.423 e. The van der Waals surface area contributed by atoms with Crippen LogP contribution in [0.4, 0.5) is 0 Å². The van der Waals surface area contributed by atoms with Crippen LogP contribution in [0.3, 0.4) is 0 Å². The van der Waals surface area contributed by atoms with Gasteiger partial charge in [0.1, 0.15) is 11.5 Å². The molecule has 206 valence electrons. The fourth-order valence-corrected chi connectivity index (χ4v) is 4.67.